The lowest BCUT2D eigenvalue weighted by atomic mass is 10.1. The van der Waals surface area contributed by atoms with Crippen LogP contribution < -0.4 is 10.2 Å². The molecule has 1 N–H and O–H groups in total. The maximum Gasteiger partial charge on any atom is 0.244 e. The number of methoxy groups -OCH3 is 1. The summed E-state index contributed by atoms with van der Waals surface area (Å²) < 4.78 is 7.08. The third-order valence-corrected chi connectivity index (χ3v) is 4.87. The van der Waals surface area contributed by atoms with Crippen LogP contribution in [0.15, 0.2) is 30.3 Å². The van der Waals surface area contributed by atoms with Gasteiger partial charge in [-0.05, 0) is 31.4 Å². The van der Waals surface area contributed by atoms with Gasteiger partial charge in [0, 0.05) is 25.9 Å². The van der Waals surface area contributed by atoms with Crippen molar-refractivity contribution in [2.75, 3.05) is 18.6 Å². The molecule has 0 bridgehead atoms. The van der Waals surface area contributed by atoms with Gasteiger partial charge >= 0.3 is 0 Å². The summed E-state index contributed by atoms with van der Waals surface area (Å²) in [6.45, 7) is 2.03. The van der Waals surface area contributed by atoms with Crippen LogP contribution in [0.25, 0.3) is 0 Å². The number of carbonyl (C=O) groups is 1. The molecule has 0 unspecified atom stereocenters. The summed E-state index contributed by atoms with van der Waals surface area (Å²) in [5, 5.41) is 8.02. The molecule has 2 aliphatic rings. The Morgan fingerprint density at radius 1 is 1.20 bits per heavy atom. The van der Waals surface area contributed by atoms with E-state index in [0.717, 1.165) is 43.9 Å². The number of ether oxygens (including phenoxy) is 1. The van der Waals surface area contributed by atoms with E-state index in [1.54, 1.807) is 7.11 Å². The molecule has 0 radical (unpaired) electrons. The molecule has 0 spiro atoms. The highest BCUT2D eigenvalue weighted by Gasteiger charge is 2.35. The summed E-state index contributed by atoms with van der Waals surface area (Å²) in [5.74, 6) is 1.76. The van der Waals surface area contributed by atoms with E-state index >= 15 is 0 Å². The highest BCUT2D eigenvalue weighted by Crippen LogP contribution is 2.27. The number of benzene rings is 1. The molecule has 1 fully saturated rings. The Labute approximate surface area is 147 Å². The second-order valence-corrected chi connectivity index (χ2v) is 6.57. The Morgan fingerprint density at radius 2 is 2.04 bits per heavy atom. The number of hydrogen-bond acceptors (Lipinski definition) is 5. The van der Waals surface area contributed by atoms with Crippen LogP contribution in [-0.4, -0.2) is 40.4 Å². The van der Waals surface area contributed by atoms with Crippen LogP contribution in [0.4, 0.5) is 5.69 Å². The number of anilines is 1. The zero-order valence-electron chi connectivity index (χ0n) is 14.4. The summed E-state index contributed by atoms with van der Waals surface area (Å²) in [6.07, 6.45) is 2.81. The van der Waals surface area contributed by atoms with E-state index in [1.165, 1.54) is 0 Å². The Morgan fingerprint density at radius 3 is 2.84 bits per heavy atom. The van der Waals surface area contributed by atoms with Crippen LogP contribution >= 0.6 is 0 Å². The highest BCUT2D eigenvalue weighted by atomic mass is 16.5. The van der Waals surface area contributed by atoms with Gasteiger partial charge < -0.3 is 9.64 Å². The number of hydrogen-bond donors (Lipinski definition) is 1. The smallest absolute Gasteiger partial charge is 0.244 e. The number of nitrogens with one attached hydrogen (secondary N) is 1. The molecule has 1 aromatic carbocycles. The van der Waals surface area contributed by atoms with E-state index in [1.807, 2.05) is 39.9 Å². The SMILES string of the molecule is COCc1nc2n(n1)CCC[C@@H]2N[C@@H]1CCN(c2ccccc2)C1=O. The zero-order chi connectivity index (χ0) is 17.2. The number of aryl methyl sites for hydroxylation is 1. The monoisotopic (exact) mass is 341 g/mol. The van der Waals surface area contributed by atoms with E-state index in [0.29, 0.717) is 12.4 Å². The van der Waals surface area contributed by atoms with Crippen molar-refractivity contribution in [3.63, 3.8) is 0 Å². The third-order valence-electron chi connectivity index (χ3n) is 4.87. The van der Waals surface area contributed by atoms with E-state index in [9.17, 15) is 4.79 Å². The van der Waals surface area contributed by atoms with E-state index in [4.69, 9.17) is 4.74 Å². The first-order valence-corrected chi connectivity index (χ1v) is 8.81. The maximum atomic E-state index is 12.8. The third kappa shape index (κ3) is 3.17. The van der Waals surface area contributed by atoms with Crippen molar-refractivity contribution < 1.29 is 9.53 Å². The van der Waals surface area contributed by atoms with Gasteiger partial charge in [-0.2, -0.15) is 5.10 Å². The second-order valence-electron chi connectivity index (χ2n) is 6.57. The molecule has 1 aromatic heterocycles. The topological polar surface area (TPSA) is 72.3 Å². The number of nitrogens with zero attached hydrogens (tertiary/aromatic N) is 4. The van der Waals surface area contributed by atoms with Gasteiger partial charge in [0.15, 0.2) is 5.82 Å². The van der Waals surface area contributed by atoms with Crippen LogP contribution in [0.2, 0.25) is 0 Å². The molecule has 7 heteroatoms. The minimum atomic E-state index is -0.167. The molecule has 0 aliphatic carbocycles. The average molecular weight is 341 g/mol. The first-order valence-electron chi connectivity index (χ1n) is 8.81. The van der Waals surface area contributed by atoms with Gasteiger partial charge in [-0.15, -0.1) is 0 Å². The molecule has 4 rings (SSSR count). The Balaban J connectivity index is 1.48. The Bertz CT molecular complexity index is 745. The van der Waals surface area contributed by atoms with Gasteiger partial charge in [0.05, 0.1) is 12.1 Å². The molecule has 25 heavy (non-hydrogen) atoms. The van der Waals surface area contributed by atoms with Crippen molar-refractivity contribution in [2.45, 2.75) is 44.5 Å². The lowest BCUT2D eigenvalue weighted by Gasteiger charge is -2.26. The lowest BCUT2D eigenvalue weighted by molar-refractivity contribution is -0.119. The minimum Gasteiger partial charge on any atom is -0.377 e. The van der Waals surface area contributed by atoms with Crippen molar-refractivity contribution in [1.82, 2.24) is 20.1 Å². The summed E-state index contributed by atoms with van der Waals surface area (Å²) in [4.78, 5) is 19.3. The van der Waals surface area contributed by atoms with E-state index in [-0.39, 0.29) is 18.0 Å². The molecule has 2 aliphatic heterocycles. The molecule has 7 nitrogen and oxygen atoms in total. The minimum absolute atomic E-state index is 0.0662. The first kappa shape index (κ1) is 16.2. The van der Waals surface area contributed by atoms with Crippen molar-refractivity contribution in [2.24, 2.45) is 0 Å². The average Bonchev–Trinajstić information content (AvgIpc) is 3.20. The molecule has 2 atom stereocenters. The van der Waals surface area contributed by atoms with Crippen LogP contribution in [-0.2, 0) is 22.7 Å². The van der Waals surface area contributed by atoms with Crippen LogP contribution in [0.5, 0.6) is 0 Å². The quantitative estimate of drug-likeness (QED) is 0.895. The summed E-state index contributed by atoms with van der Waals surface area (Å²) in [7, 11) is 1.64. The summed E-state index contributed by atoms with van der Waals surface area (Å²) in [5.41, 5.74) is 0.964. The van der Waals surface area contributed by atoms with Gasteiger partial charge in [0.25, 0.3) is 0 Å². The molecular weight excluding hydrogens is 318 g/mol. The van der Waals surface area contributed by atoms with Crippen molar-refractivity contribution in [3.8, 4) is 0 Å². The molecule has 1 saturated heterocycles. The van der Waals surface area contributed by atoms with Crippen LogP contribution in [0.3, 0.4) is 0 Å². The summed E-state index contributed by atoms with van der Waals surface area (Å²) in [6, 6.07) is 9.75. The molecule has 2 aromatic rings. The van der Waals surface area contributed by atoms with Gasteiger partial charge in [-0.25, -0.2) is 9.67 Å². The van der Waals surface area contributed by atoms with Gasteiger partial charge in [0.2, 0.25) is 5.91 Å². The van der Waals surface area contributed by atoms with Gasteiger partial charge in [-0.3, -0.25) is 10.1 Å². The predicted octanol–water partition coefficient (Wildman–Crippen LogP) is 1.65. The van der Waals surface area contributed by atoms with Crippen LogP contribution in [0, 0.1) is 0 Å². The zero-order valence-corrected chi connectivity index (χ0v) is 14.4. The van der Waals surface area contributed by atoms with Crippen molar-refractivity contribution in [1.29, 1.82) is 0 Å². The number of aromatic nitrogens is 3. The summed E-state index contributed by atoms with van der Waals surface area (Å²) >= 11 is 0. The number of carbonyl (C=O) groups excluding carboxylic acids is 1. The number of amides is 1. The fourth-order valence-corrected chi connectivity index (χ4v) is 3.69. The van der Waals surface area contributed by atoms with Crippen LogP contribution in [0.1, 0.15) is 37.0 Å². The molecule has 132 valence electrons. The van der Waals surface area contributed by atoms with E-state index < -0.39 is 0 Å². The Kier molecular flexibility index (Phi) is 4.50. The fraction of sp³-hybridized carbons (Fsp3) is 0.500. The Hall–Kier alpha value is -2.25. The molecular formula is C18H23N5O2. The highest BCUT2D eigenvalue weighted by molar-refractivity contribution is 5.99. The molecule has 0 saturated carbocycles. The van der Waals surface area contributed by atoms with E-state index in [2.05, 4.69) is 15.4 Å². The van der Waals surface area contributed by atoms with Crippen molar-refractivity contribution in [3.05, 3.63) is 42.0 Å². The number of rotatable bonds is 5. The first-order chi connectivity index (χ1) is 12.3. The van der Waals surface area contributed by atoms with Gasteiger partial charge in [0.1, 0.15) is 12.4 Å². The van der Waals surface area contributed by atoms with Crippen molar-refractivity contribution >= 4 is 11.6 Å². The fourth-order valence-electron chi connectivity index (χ4n) is 3.69. The second kappa shape index (κ2) is 6.93. The molecule has 3 heterocycles. The number of para-hydroxylation sites is 1. The normalized spacial score (nSPS) is 23.1. The standard InChI is InChI=1S/C18H23N5O2/c1-25-12-16-20-17-14(8-5-10-23(17)21-16)19-15-9-11-22(18(15)24)13-6-3-2-4-7-13/h2-4,6-7,14-15,19H,5,8-12H2,1H3/t14-,15+/m0/s1. The lowest BCUT2D eigenvalue weighted by Crippen LogP contribution is -2.42. The largest absolute Gasteiger partial charge is 0.377 e. The molecule has 1 amide bonds. The van der Waals surface area contributed by atoms with Gasteiger partial charge in [-0.1, -0.05) is 18.2 Å². The maximum absolute atomic E-state index is 12.8. The number of fused-ring (bicyclic) bond motifs is 1. The predicted molar refractivity (Wildman–Crippen MR) is 93.0 cm³/mol.